The molecule has 12 heavy (non-hydrogen) atoms. The first-order valence-corrected chi connectivity index (χ1v) is 4.46. The number of nitrogens with one attached hydrogen (secondary N) is 1. The van der Waals surface area contributed by atoms with E-state index in [0.29, 0.717) is 12.3 Å². The van der Waals surface area contributed by atoms with E-state index < -0.39 is 0 Å². The molecule has 0 bridgehead atoms. The van der Waals surface area contributed by atoms with Crippen LogP contribution in [0.5, 0.6) is 0 Å². The van der Waals surface area contributed by atoms with Crippen LogP contribution in [0.4, 0.5) is 0 Å². The van der Waals surface area contributed by atoms with Crippen LogP contribution >= 0.6 is 15.9 Å². The molecule has 66 valence electrons. The van der Waals surface area contributed by atoms with Crippen LogP contribution < -0.4 is 0 Å². The Morgan fingerprint density at radius 3 is 2.83 bits per heavy atom. The van der Waals surface area contributed by atoms with E-state index in [1.807, 2.05) is 13.0 Å². The Labute approximate surface area is 79.2 Å². The zero-order valence-corrected chi connectivity index (χ0v) is 8.56. The van der Waals surface area contributed by atoms with Gasteiger partial charge in [-0.15, -0.1) is 0 Å². The van der Waals surface area contributed by atoms with E-state index >= 15 is 0 Å². The minimum absolute atomic E-state index is 0.305. The Bertz CT molecular complexity index is 293. The van der Waals surface area contributed by atoms with Crippen molar-refractivity contribution in [2.75, 3.05) is 6.61 Å². The first kappa shape index (κ1) is 9.32. The van der Waals surface area contributed by atoms with Gasteiger partial charge in [-0.1, -0.05) is 0 Å². The predicted molar refractivity (Wildman–Crippen MR) is 49.2 cm³/mol. The van der Waals surface area contributed by atoms with Crippen molar-refractivity contribution < 1.29 is 9.53 Å². The van der Waals surface area contributed by atoms with Crippen molar-refractivity contribution in [3.8, 4) is 0 Å². The lowest BCUT2D eigenvalue weighted by atomic mass is 10.3. The fraction of sp³-hybridized carbons (Fsp3) is 0.375. The number of rotatable bonds is 2. The van der Waals surface area contributed by atoms with Crippen molar-refractivity contribution in [1.82, 2.24) is 4.98 Å². The molecule has 0 unspecified atom stereocenters. The van der Waals surface area contributed by atoms with Crippen LogP contribution in [0.2, 0.25) is 0 Å². The average Bonchev–Trinajstić information content (AvgIpc) is 2.30. The topological polar surface area (TPSA) is 42.1 Å². The largest absolute Gasteiger partial charge is 0.461 e. The predicted octanol–water partition coefficient (Wildman–Crippen LogP) is 2.26. The normalized spacial score (nSPS) is 9.92. The van der Waals surface area contributed by atoms with Gasteiger partial charge in [-0.05, 0) is 41.4 Å². The van der Waals surface area contributed by atoms with E-state index in [1.165, 1.54) is 0 Å². The third-order valence-corrected chi connectivity index (χ3v) is 1.89. The summed E-state index contributed by atoms with van der Waals surface area (Å²) in [5.74, 6) is -0.305. The Morgan fingerprint density at radius 1 is 1.75 bits per heavy atom. The average molecular weight is 232 g/mol. The summed E-state index contributed by atoms with van der Waals surface area (Å²) in [6, 6.07) is 1.84. The summed E-state index contributed by atoms with van der Waals surface area (Å²) in [6.07, 6.45) is 0. The second-order valence-electron chi connectivity index (χ2n) is 2.40. The van der Waals surface area contributed by atoms with Crippen molar-refractivity contribution in [2.45, 2.75) is 13.8 Å². The molecule has 1 aromatic rings. The lowest BCUT2D eigenvalue weighted by Gasteiger charge is -1.99. The molecule has 0 aliphatic rings. The highest BCUT2D eigenvalue weighted by molar-refractivity contribution is 9.10. The van der Waals surface area contributed by atoms with Gasteiger partial charge in [0.1, 0.15) is 5.69 Å². The zero-order valence-electron chi connectivity index (χ0n) is 6.98. The van der Waals surface area contributed by atoms with Gasteiger partial charge < -0.3 is 9.72 Å². The molecule has 0 atom stereocenters. The quantitative estimate of drug-likeness (QED) is 0.794. The molecule has 0 aliphatic carbocycles. The Hall–Kier alpha value is -0.770. The first-order valence-electron chi connectivity index (χ1n) is 3.67. The molecule has 4 heteroatoms. The summed E-state index contributed by atoms with van der Waals surface area (Å²) >= 11 is 3.24. The standard InChI is InChI=1S/C8H10BrNO2/c1-3-12-8(11)7-5(2)4-6(9)10-7/h4,10H,3H2,1-2H3. The van der Waals surface area contributed by atoms with Gasteiger partial charge in [0.15, 0.2) is 0 Å². The highest BCUT2D eigenvalue weighted by atomic mass is 79.9. The molecule has 1 N–H and O–H groups in total. The second kappa shape index (κ2) is 3.76. The number of hydrogen-bond acceptors (Lipinski definition) is 2. The van der Waals surface area contributed by atoms with Crippen LogP contribution in [-0.2, 0) is 4.74 Å². The molecule has 3 nitrogen and oxygen atoms in total. The molecule has 0 radical (unpaired) electrons. The number of carbonyl (C=O) groups is 1. The molecule has 0 spiro atoms. The molecule has 0 saturated carbocycles. The minimum atomic E-state index is -0.305. The van der Waals surface area contributed by atoms with E-state index in [4.69, 9.17) is 4.74 Å². The van der Waals surface area contributed by atoms with Crippen molar-refractivity contribution in [1.29, 1.82) is 0 Å². The minimum Gasteiger partial charge on any atom is -0.461 e. The first-order chi connectivity index (χ1) is 5.65. The number of halogens is 1. The number of hydrogen-bond donors (Lipinski definition) is 1. The van der Waals surface area contributed by atoms with Crippen LogP contribution in [0.15, 0.2) is 10.7 Å². The van der Waals surface area contributed by atoms with Crippen molar-refractivity contribution >= 4 is 21.9 Å². The van der Waals surface area contributed by atoms with Gasteiger partial charge in [0.05, 0.1) is 11.2 Å². The molecule has 0 aromatic carbocycles. The summed E-state index contributed by atoms with van der Waals surface area (Å²) in [7, 11) is 0. The summed E-state index contributed by atoms with van der Waals surface area (Å²) in [4.78, 5) is 14.1. The Balaban J connectivity index is 2.87. The molecule has 0 aliphatic heterocycles. The molecule has 0 fully saturated rings. The van der Waals surface area contributed by atoms with Gasteiger partial charge in [0, 0.05) is 0 Å². The van der Waals surface area contributed by atoms with Gasteiger partial charge >= 0.3 is 5.97 Å². The van der Waals surface area contributed by atoms with Gasteiger partial charge in [0.2, 0.25) is 0 Å². The van der Waals surface area contributed by atoms with Gasteiger partial charge in [0.25, 0.3) is 0 Å². The van der Waals surface area contributed by atoms with E-state index in [1.54, 1.807) is 6.92 Å². The maximum absolute atomic E-state index is 11.2. The van der Waals surface area contributed by atoms with E-state index in [9.17, 15) is 4.79 Å². The van der Waals surface area contributed by atoms with Crippen LogP contribution in [0.3, 0.4) is 0 Å². The number of ether oxygens (including phenoxy) is 1. The third kappa shape index (κ3) is 1.88. The van der Waals surface area contributed by atoms with Crippen LogP contribution in [0.1, 0.15) is 23.0 Å². The highest BCUT2D eigenvalue weighted by Crippen LogP contribution is 2.15. The third-order valence-electron chi connectivity index (χ3n) is 1.46. The number of aryl methyl sites for hydroxylation is 1. The van der Waals surface area contributed by atoms with Crippen LogP contribution in [-0.4, -0.2) is 17.6 Å². The monoisotopic (exact) mass is 231 g/mol. The fourth-order valence-electron chi connectivity index (χ4n) is 0.932. The molecular weight excluding hydrogens is 222 g/mol. The fourth-order valence-corrected chi connectivity index (χ4v) is 1.47. The lowest BCUT2D eigenvalue weighted by molar-refractivity contribution is 0.0519. The van der Waals surface area contributed by atoms with Crippen LogP contribution in [0, 0.1) is 6.92 Å². The Morgan fingerprint density at radius 2 is 2.42 bits per heavy atom. The summed E-state index contributed by atoms with van der Waals surface area (Å²) in [5, 5.41) is 0. The summed E-state index contributed by atoms with van der Waals surface area (Å²) in [5.41, 5.74) is 1.41. The van der Waals surface area contributed by atoms with Crippen molar-refractivity contribution in [2.24, 2.45) is 0 Å². The smallest absolute Gasteiger partial charge is 0.355 e. The van der Waals surface area contributed by atoms with Gasteiger partial charge in [-0.25, -0.2) is 4.79 Å². The molecule has 1 rings (SSSR count). The van der Waals surface area contributed by atoms with Crippen molar-refractivity contribution in [3.63, 3.8) is 0 Å². The van der Waals surface area contributed by atoms with E-state index in [2.05, 4.69) is 20.9 Å². The molecule has 0 saturated heterocycles. The molecule has 1 aromatic heterocycles. The number of aromatic nitrogens is 1. The number of aromatic amines is 1. The number of carbonyl (C=O) groups excluding carboxylic acids is 1. The molecule has 0 amide bonds. The maximum atomic E-state index is 11.2. The van der Waals surface area contributed by atoms with Crippen LogP contribution in [0.25, 0.3) is 0 Å². The zero-order chi connectivity index (χ0) is 9.14. The molecule has 1 heterocycles. The highest BCUT2D eigenvalue weighted by Gasteiger charge is 2.11. The Kier molecular flexibility index (Phi) is 2.92. The SMILES string of the molecule is CCOC(=O)c1[nH]c(Br)cc1C. The van der Waals surface area contributed by atoms with E-state index in [0.717, 1.165) is 10.2 Å². The molecular formula is C8H10BrNO2. The lowest BCUT2D eigenvalue weighted by Crippen LogP contribution is -2.06. The number of H-pyrrole nitrogens is 1. The van der Waals surface area contributed by atoms with Gasteiger partial charge in [-0.2, -0.15) is 0 Å². The van der Waals surface area contributed by atoms with Crippen molar-refractivity contribution in [3.05, 3.63) is 21.9 Å². The summed E-state index contributed by atoms with van der Waals surface area (Å²) < 4.78 is 5.63. The van der Waals surface area contributed by atoms with E-state index in [-0.39, 0.29) is 5.97 Å². The second-order valence-corrected chi connectivity index (χ2v) is 3.25. The number of esters is 1. The maximum Gasteiger partial charge on any atom is 0.355 e. The summed E-state index contributed by atoms with van der Waals surface area (Å²) in [6.45, 7) is 4.04. The van der Waals surface area contributed by atoms with Gasteiger partial charge in [-0.3, -0.25) is 0 Å².